The van der Waals surface area contributed by atoms with Crippen LogP contribution in [0.2, 0.25) is 0 Å². The molecule has 0 aromatic heterocycles. The van der Waals surface area contributed by atoms with Gasteiger partial charge in [0.25, 0.3) is 0 Å². The van der Waals surface area contributed by atoms with Gasteiger partial charge < -0.3 is 28.7 Å². The number of quaternary nitrogens is 2. The van der Waals surface area contributed by atoms with Crippen LogP contribution in [0, 0.1) is 0 Å². The Bertz CT molecular complexity index is 200. The second-order valence-electron chi connectivity index (χ2n) is 5.49. The first-order valence-electron chi connectivity index (χ1n) is 4.90. The summed E-state index contributed by atoms with van der Waals surface area (Å²) in [5.74, 6) is 0. The van der Waals surface area contributed by atoms with Gasteiger partial charge in [0.2, 0.25) is 6.67 Å². The normalized spacial score (nSPS) is 57.7. The van der Waals surface area contributed by atoms with E-state index in [0.717, 1.165) is 0 Å². The van der Waals surface area contributed by atoms with Crippen molar-refractivity contribution in [2.75, 3.05) is 46.9 Å². The van der Waals surface area contributed by atoms with E-state index in [0.29, 0.717) is 12.2 Å². The minimum absolute atomic E-state index is 0. The van der Waals surface area contributed by atoms with Crippen molar-refractivity contribution in [1.29, 1.82) is 0 Å². The van der Waals surface area contributed by atoms with E-state index in [2.05, 4.69) is 14.1 Å². The van der Waals surface area contributed by atoms with Crippen LogP contribution >= 0.6 is 0 Å². The summed E-state index contributed by atoms with van der Waals surface area (Å²) in [5.41, 5.74) is 0. The molecule has 4 aliphatic heterocycles. The van der Waals surface area contributed by atoms with Gasteiger partial charge in [-0.05, 0) is 0 Å². The summed E-state index contributed by atoms with van der Waals surface area (Å²) in [6, 6.07) is 0. The maximum atomic E-state index is 5.92. The van der Waals surface area contributed by atoms with Gasteiger partial charge in [-0.1, -0.05) is 0 Å². The lowest BCUT2D eigenvalue weighted by Crippen LogP contribution is -3.00. The Morgan fingerprint density at radius 2 is 1.31 bits per heavy atom. The maximum absolute atomic E-state index is 5.92. The van der Waals surface area contributed by atoms with Crippen molar-refractivity contribution in [3.63, 3.8) is 0 Å². The highest BCUT2D eigenvalue weighted by Crippen LogP contribution is 2.33. The van der Waals surface area contributed by atoms with E-state index in [-0.39, 0.29) is 24.0 Å². The Hall–Kier alpha value is 0.610. The summed E-state index contributed by atoms with van der Waals surface area (Å²) in [7, 11) is 4.77. The molecule has 0 saturated carbocycles. The van der Waals surface area contributed by atoms with Gasteiger partial charge in [-0.15, -0.1) is 0 Å². The van der Waals surface area contributed by atoms with E-state index in [1.54, 1.807) is 0 Å². The average Bonchev–Trinajstić information content (AvgIpc) is 1.75. The van der Waals surface area contributed by atoms with E-state index in [9.17, 15) is 0 Å². The van der Waals surface area contributed by atoms with Crippen LogP contribution in [0.15, 0.2) is 0 Å². The molecule has 4 fully saturated rings. The van der Waals surface area contributed by atoms with Gasteiger partial charge in [-0.25, -0.2) is 0 Å². The van der Waals surface area contributed by atoms with Crippen molar-refractivity contribution in [1.82, 2.24) is 0 Å². The third-order valence-electron chi connectivity index (χ3n) is 3.65. The van der Waals surface area contributed by atoms with Crippen molar-refractivity contribution in [3.05, 3.63) is 0 Å². The molecule has 4 rings (SSSR count). The highest BCUT2D eigenvalue weighted by atomic mass is 127. The zero-order chi connectivity index (χ0) is 8.40. The molecular formula is C9H18IN2O+. The third kappa shape index (κ3) is 1.52. The van der Waals surface area contributed by atoms with Crippen molar-refractivity contribution in [2.24, 2.45) is 0 Å². The molecule has 76 valence electrons. The van der Waals surface area contributed by atoms with Gasteiger partial charge in [0.15, 0.2) is 12.2 Å². The second kappa shape index (κ2) is 2.81. The number of ether oxygens (including phenoxy) is 1. The molecule has 0 unspecified atom stereocenters. The van der Waals surface area contributed by atoms with Gasteiger partial charge in [-0.3, -0.25) is 8.97 Å². The smallest absolute Gasteiger partial charge is 0.207 e. The Kier molecular flexibility index (Phi) is 2.19. The van der Waals surface area contributed by atoms with Crippen molar-refractivity contribution >= 4 is 0 Å². The molecule has 0 atom stereocenters. The third-order valence-corrected chi connectivity index (χ3v) is 3.65. The number of hydrogen-bond acceptors (Lipinski definition) is 1. The molecule has 4 saturated heterocycles. The highest BCUT2D eigenvalue weighted by Gasteiger charge is 2.56. The monoisotopic (exact) mass is 297 g/mol. The molecule has 0 aromatic rings. The molecule has 3 nitrogen and oxygen atoms in total. The van der Waals surface area contributed by atoms with E-state index < -0.39 is 0 Å². The van der Waals surface area contributed by atoms with E-state index in [4.69, 9.17) is 4.74 Å². The summed E-state index contributed by atoms with van der Waals surface area (Å²) in [6.07, 6.45) is 1.11. The Balaban J connectivity index is 0.000000653. The fourth-order valence-electron chi connectivity index (χ4n) is 3.73. The fraction of sp³-hybridized carbons (Fsp3) is 1.00. The van der Waals surface area contributed by atoms with Crippen molar-refractivity contribution in [3.8, 4) is 0 Å². The Morgan fingerprint density at radius 3 is 1.62 bits per heavy atom. The number of rotatable bonds is 0. The largest absolute Gasteiger partial charge is 1.00 e. The number of morpholine rings is 2. The lowest BCUT2D eigenvalue weighted by atomic mass is 10.0. The molecule has 0 aromatic carbocycles. The molecule has 4 aliphatic rings. The lowest BCUT2D eigenvalue weighted by molar-refractivity contribution is -1.13. The van der Waals surface area contributed by atoms with Gasteiger partial charge in [0.1, 0.15) is 26.2 Å². The van der Waals surface area contributed by atoms with Crippen LogP contribution in [0.4, 0.5) is 0 Å². The Morgan fingerprint density at radius 1 is 0.923 bits per heavy atom. The van der Waals surface area contributed by atoms with Crippen LogP contribution in [0.1, 0.15) is 0 Å². The molecule has 4 heterocycles. The second-order valence-corrected chi connectivity index (χ2v) is 5.49. The summed E-state index contributed by atoms with van der Waals surface area (Å²) < 4.78 is 8.43. The van der Waals surface area contributed by atoms with Crippen LogP contribution in [0.5, 0.6) is 0 Å². The SMILES string of the molecule is C[N+]12CC3C[N+](C)(CC(C1)O3)C2.[I-]. The molecule has 0 radical (unpaired) electrons. The minimum Gasteiger partial charge on any atom is -1.00 e. The topological polar surface area (TPSA) is 9.23 Å². The summed E-state index contributed by atoms with van der Waals surface area (Å²) >= 11 is 0. The van der Waals surface area contributed by atoms with E-state index in [1.807, 2.05) is 0 Å². The zero-order valence-corrected chi connectivity index (χ0v) is 10.5. The van der Waals surface area contributed by atoms with E-state index in [1.165, 1.54) is 41.8 Å². The predicted molar refractivity (Wildman–Crippen MR) is 45.4 cm³/mol. The van der Waals surface area contributed by atoms with Gasteiger partial charge in [0, 0.05) is 0 Å². The van der Waals surface area contributed by atoms with Crippen LogP contribution in [-0.2, 0) is 4.74 Å². The summed E-state index contributed by atoms with van der Waals surface area (Å²) in [5, 5.41) is 0. The number of halogens is 1. The molecule has 0 amide bonds. The van der Waals surface area contributed by atoms with Crippen LogP contribution in [-0.4, -0.2) is 68.1 Å². The minimum atomic E-state index is 0. The highest BCUT2D eigenvalue weighted by molar-refractivity contribution is 4.77. The number of hydrogen-bond donors (Lipinski definition) is 0. The first kappa shape index (κ1) is 10.1. The first-order chi connectivity index (χ1) is 5.57. The summed E-state index contributed by atoms with van der Waals surface area (Å²) in [4.78, 5) is 0. The lowest BCUT2D eigenvalue weighted by Gasteiger charge is -2.59. The zero-order valence-electron chi connectivity index (χ0n) is 8.37. The quantitative estimate of drug-likeness (QED) is 0.335. The molecule has 0 spiro atoms. The summed E-state index contributed by atoms with van der Waals surface area (Å²) in [6.45, 7) is 6.35. The van der Waals surface area contributed by atoms with Gasteiger partial charge in [0.05, 0.1) is 14.1 Å². The van der Waals surface area contributed by atoms with Crippen molar-refractivity contribution < 1.29 is 37.7 Å². The van der Waals surface area contributed by atoms with Crippen LogP contribution in [0.25, 0.3) is 0 Å². The Labute approximate surface area is 96.8 Å². The van der Waals surface area contributed by atoms with Crippen LogP contribution < -0.4 is 24.0 Å². The molecule has 4 heteroatoms. The molecule has 0 aliphatic carbocycles. The maximum Gasteiger partial charge on any atom is 0.207 e. The molecule has 13 heavy (non-hydrogen) atoms. The predicted octanol–water partition coefficient (Wildman–Crippen LogP) is -3.36. The average molecular weight is 297 g/mol. The molecular weight excluding hydrogens is 279 g/mol. The van der Waals surface area contributed by atoms with Crippen molar-refractivity contribution in [2.45, 2.75) is 12.2 Å². The molecule has 4 bridgehead atoms. The van der Waals surface area contributed by atoms with Gasteiger partial charge >= 0.3 is 0 Å². The van der Waals surface area contributed by atoms with Crippen LogP contribution in [0.3, 0.4) is 0 Å². The first-order valence-corrected chi connectivity index (χ1v) is 4.90. The van der Waals surface area contributed by atoms with E-state index >= 15 is 0 Å². The fourth-order valence-corrected chi connectivity index (χ4v) is 3.73. The number of nitrogens with zero attached hydrogens (tertiary/aromatic N) is 2. The number of likely N-dealkylation sites (N-methyl/N-ethyl adjacent to an activating group) is 2. The molecule has 0 N–H and O–H groups in total. The standard InChI is InChI=1S/C9H18N2O.HI/c1-10-3-8-5-11(2,7-10)6-9(4-10)12-8;/h8-9H,3-7H2,1-2H3;1H/q+2;/p-1. The van der Waals surface area contributed by atoms with Gasteiger partial charge in [-0.2, -0.15) is 0 Å².